The molecule has 0 bridgehead atoms. The minimum Gasteiger partial charge on any atom is -0.322 e. The van der Waals surface area contributed by atoms with Crippen LogP contribution in [-0.2, 0) is 17.8 Å². The van der Waals surface area contributed by atoms with Crippen LogP contribution in [0.4, 0.5) is 5.69 Å². The van der Waals surface area contributed by atoms with Crippen LogP contribution in [0, 0.1) is 0 Å². The van der Waals surface area contributed by atoms with Crippen LogP contribution >= 0.6 is 15.9 Å². The van der Waals surface area contributed by atoms with Gasteiger partial charge in [-0.25, -0.2) is 0 Å². The molecule has 0 radical (unpaired) electrons. The Balaban J connectivity index is 1.46. The molecule has 0 unspecified atom stereocenters. The van der Waals surface area contributed by atoms with Crippen LogP contribution in [0.1, 0.15) is 18.1 Å². The molecule has 0 saturated carbocycles. The van der Waals surface area contributed by atoms with Gasteiger partial charge < -0.3 is 15.1 Å². The Labute approximate surface area is 164 Å². The van der Waals surface area contributed by atoms with Gasteiger partial charge in [-0.05, 0) is 24.1 Å². The first kappa shape index (κ1) is 19.1. The highest BCUT2D eigenvalue weighted by Crippen LogP contribution is 2.15. The van der Waals surface area contributed by atoms with Crippen molar-refractivity contribution in [2.75, 3.05) is 38.0 Å². The van der Waals surface area contributed by atoms with Crippen molar-refractivity contribution in [2.45, 2.75) is 19.9 Å². The molecule has 0 aromatic heterocycles. The molecule has 0 aliphatic carbocycles. The second kappa shape index (κ2) is 9.31. The zero-order valence-electron chi connectivity index (χ0n) is 15.4. The summed E-state index contributed by atoms with van der Waals surface area (Å²) in [5, 5.41) is 3.09. The number of hydrogen-bond donors (Lipinski definition) is 3. The first-order valence-electron chi connectivity index (χ1n) is 9.44. The van der Waals surface area contributed by atoms with E-state index in [1.165, 1.54) is 20.5 Å². The summed E-state index contributed by atoms with van der Waals surface area (Å²) in [4.78, 5) is 15.4. The van der Waals surface area contributed by atoms with E-state index < -0.39 is 0 Å². The van der Waals surface area contributed by atoms with Crippen LogP contribution in [0.15, 0.2) is 53.0 Å². The highest BCUT2D eigenvalue weighted by atomic mass is 79.9. The summed E-state index contributed by atoms with van der Waals surface area (Å²) >= 11 is 3.64. The lowest BCUT2D eigenvalue weighted by Crippen LogP contribution is -3.28. The first-order chi connectivity index (χ1) is 12.7. The number of amides is 1. The average Bonchev–Trinajstić information content (AvgIpc) is 2.65. The second-order valence-corrected chi connectivity index (χ2v) is 7.86. The van der Waals surface area contributed by atoms with E-state index in [4.69, 9.17) is 0 Å². The van der Waals surface area contributed by atoms with E-state index in [0.717, 1.165) is 44.8 Å². The summed E-state index contributed by atoms with van der Waals surface area (Å²) < 4.78 is 1.19. The van der Waals surface area contributed by atoms with Gasteiger partial charge in [0.2, 0.25) is 0 Å². The summed E-state index contributed by atoms with van der Waals surface area (Å²) in [7, 11) is 0. The van der Waals surface area contributed by atoms with Crippen molar-refractivity contribution < 1.29 is 14.6 Å². The summed E-state index contributed by atoms with van der Waals surface area (Å²) in [6, 6.07) is 16.5. The number of carbonyl (C=O) groups excluding carboxylic acids is 1. The van der Waals surface area contributed by atoms with Gasteiger partial charge in [0.25, 0.3) is 5.91 Å². The van der Waals surface area contributed by atoms with E-state index in [9.17, 15) is 4.79 Å². The lowest BCUT2D eigenvalue weighted by molar-refractivity contribution is -1.02. The summed E-state index contributed by atoms with van der Waals surface area (Å²) in [6.45, 7) is 8.02. The van der Waals surface area contributed by atoms with Gasteiger partial charge in [0, 0.05) is 15.7 Å². The van der Waals surface area contributed by atoms with Gasteiger partial charge >= 0.3 is 0 Å². The van der Waals surface area contributed by atoms with Crippen molar-refractivity contribution in [3.05, 3.63) is 64.1 Å². The molecule has 26 heavy (non-hydrogen) atoms. The first-order valence-corrected chi connectivity index (χ1v) is 10.2. The largest absolute Gasteiger partial charge is 0.322 e. The molecular weight excluding hydrogens is 390 g/mol. The SMILES string of the molecule is CCc1ccccc1NC(=O)C[NH+]1CC[NH+](Cc2ccccc2Br)CC1. The molecule has 2 aromatic carbocycles. The molecule has 1 aliphatic heterocycles. The van der Waals surface area contributed by atoms with E-state index in [0.29, 0.717) is 6.54 Å². The fraction of sp³-hybridized carbons (Fsp3) is 0.381. The number of carbonyl (C=O) groups is 1. The molecule has 1 amide bonds. The van der Waals surface area contributed by atoms with Crippen LogP contribution in [-0.4, -0.2) is 38.6 Å². The minimum atomic E-state index is 0.121. The van der Waals surface area contributed by atoms with Crippen LogP contribution in [0.2, 0.25) is 0 Å². The maximum atomic E-state index is 12.4. The number of rotatable bonds is 6. The van der Waals surface area contributed by atoms with Crippen molar-refractivity contribution in [3.8, 4) is 0 Å². The molecule has 3 rings (SSSR count). The Kier molecular flexibility index (Phi) is 6.83. The molecule has 0 spiro atoms. The summed E-state index contributed by atoms with van der Waals surface area (Å²) in [6.07, 6.45) is 0.931. The lowest BCUT2D eigenvalue weighted by Gasteiger charge is -2.29. The van der Waals surface area contributed by atoms with Gasteiger partial charge in [0.1, 0.15) is 32.7 Å². The smallest absolute Gasteiger partial charge is 0.279 e. The molecule has 1 aliphatic rings. The molecule has 5 heteroatoms. The van der Waals surface area contributed by atoms with Gasteiger partial charge in [-0.2, -0.15) is 0 Å². The monoisotopic (exact) mass is 417 g/mol. The standard InChI is InChI=1S/C21H26BrN3O/c1-2-17-7-4-6-10-20(17)23-21(26)16-25-13-11-24(12-14-25)15-18-8-3-5-9-19(18)22/h3-10H,2,11-16H2,1H3,(H,23,26)/p+2. The van der Waals surface area contributed by atoms with E-state index in [2.05, 4.69) is 58.5 Å². The van der Waals surface area contributed by atoms with Gasteiger partial charge in [0.15, 0.2) is 6.54 Å². The second-order valence-electron chi connectivity index (χ2n) is 7.00. The Morgan fingerprint density at radius 2 is 1.58 bits per heavy atom. The molecular formula is C21H28BrN3O+2. The Bertz CT molecular complexity index is 742. The highest BCUT2D eigenvalue weighted by molar-refractivity contribution is 9.10. The fourth-order valence-corrected chi connectivity index (χ4v) is 4.02. The van der Waals surface area contributed by atoms with Crippen molar-refractivity contribution in [3.63, 3.8) is 0 Å². The number of halogens is 1. The fourth-order valence-electron chi connectivity index (χ4n) is 3.59. The average molecular weight is 418 g/mol. The Morgan fingerprint density at radius 3 is 2.27 bits per heavy atom. The third-order valence-corrected chi connectivity index (χ3v) is 5.92. The molecule has 2 aromatic rings. The van der Waals surface area contributed by atoms with E-state index in [-0.39, 0.29) is 5.91 Å². The van der Waals surface area contributed by atoms with E-state index in [1.54, 1.807) is 4.90 Å². The van der Waals surface area contributed by atoms with Crippen molar-refractivity contribution >= 4 is 27.5 Å². The zero-order chi connectivity index (χ0) is 18.4. The highest BCUT2D eigenvalue weighted by Gasteiger charge is 2.25. The number of hydrogen-bond acceptors (Lipinski definition) is 1. The Morgan fingerprint density at radius 1 is 0.962 bits per heavy atom. The Hall–Kier alpha value is -1.69. The van der Waals surface area contributed by atoms with Crippen LogP contribution in [0.25, 0.3) is 0 Å². The van der Waals surface area contributed by atoms with Crippen molar-refractivity contribution in [1.29, 1.82) is 0 Å². The minimum absolute atomic E-state index is 0.121. The molecule has 1 fully saturated rings. The molecule has 1 saturated heterocycles. The maximum absolute atomic E-state index is 12.4. The topological polar surface area (TPSA) is 38.0 Å². The van der Waals surface area contributed by atoms with Crippen LogP contribution in [0.5, 0.6) is 0 Å². The zero-order valence-corrected chi connectivity index (χ0v) is 16.9. The predicted molar refractivity (Wildman–Crippen MR) is 109 cm³/mol. The van der Waals surface area contributed by atoms with E-state index >= 15 is 0 Å². The molecule has 4 nitrogen and oxygen atoms in total. The van der Waals surface area contributed by atoms with Gasteiger partial charge in [-0.15, -0.1) is 0 Å². The number of quaternary nitrogens is 2. The number of anilines is 1. The summed E-state index contributed by atoms with van der Waals surface area (Å²) in [5.74, 6) is 0.121. The van der Waals surface area contributed by atoms with Crippen molar-refractivity contribution in [2.24, 2.45) is 0 Å². The van der Waals surface area contributed by atoms with Crippen molar-refractivity contribution in [1.82, 2.24) is 0 Å². The number of aryl methyl sites for hydroxylation is 1. The number of benzene rings is 2. The number of piperazine rings is 1. The molecule has 0 atom stereocenters. The number of para-hydroxylation sites is 1. The molecule has 138 valence electrons. The number of nitrogens with one attached hydrogen (secondary N) is 3. The van der Waals surface area contributed by atoms with E-state index in [1.807, 2.05) is 18.2 Å². The maximum Gasteiger partial charge on any atom is 0.279 e. The third-order valence-electron chi connectivity index (χ3n) is 5.15. The third kappa shape index (κ3) is 5.16. The lowest BCUT2D eigenvalue weighted by atomic mass is 10.1. The molecule has 1 heterocycles. The van der Waals surface area contributed by atoms with Crippen LogP contribution in [0.3, 0.4) is 0 Å². The quantitative estimate of drug-likeness (QED) is 0.642. The summed E-state index contributed by atoms with van der Waals surface area (Å²) in [5.41, 5.74) is 3.51. The predicted octanol–water partition coefficient (Wildman–Crippen LogP) is 0.934. The van der Waals surface area contributed by atoms with Gasteiger partial charge in [-0.3, -0.25) is 4.79 Å². The van der Waals surface area contributed by atoms with Crippen LogP contribution < -0.4 is 15.1 Å². The van der Waals surface area contributed by atoms with Gasteiger partial charge in [0.05, 0.1) is 0 Å². The van der Waals surface area contributed by atoms with Gasteiger partial charge in [-0.1, -0.05) is 59.3 Å². The molecule has 3 N–H and O–H groups in total. The normalized spacial score (nSPS) is 19.9.